The molecule has 1 aliphatic heterocycles. The number of fused-ring (bicyclic) bond motifs is 1. The van der Waals surface area contributed by atoms with E-state index >= 15 is 0 Å². The minimum absolute atomic E-state index is 0.0583. The van der Waals surface area contributed by atoms with Crippen LogP contribution in [-0.2, 0) is 20.7 Å². The van der Waals surface area contributed by atoms with E-state index in [4.69, 9.17) is 4.74 Å². The predicted octanol–water partition coefficient (Wildman–Crippen LogP) is 1.25. The third-order valence-electron chi connectivity index (χ3n) is 3.15. The van der Waals surface area contributed by atoms with Crippen LogP contribution in [0, 0.1) is 0 Å². The molecule has 2 N–H and O–H groups in total. The van der Waals surface area contributed by atoms with E-state index in [1.165, 1.54) is 0 Å². The lowest BCUT2D eigenvalue weighted by Crippen LogP contribution is -2.25. The van der Waals surface area contributed by atoms with Gasteiger partial charge in [-0.25, -0.2) is 0 Å². The third kappa shape index (κ3) is 4.05. The summed E-state index contributed by atoms with van der Waals surface area (Å²) in [6.07, 6.45) is 1.18. The SMILES string of the molecule is CCOC(=O)CCCNC(=O)c1ccc2c(c1)NC(=O)C2. The Balaban J connectivity index is 1.80. The van der Waals surface area contributed by atoms with Gasteiger partial charge in [-0.2, -0.15) is 0 Å². The van der Waals surface area contributed by atoms with Gasteiger partial charge in [0, 0.05) is 24.2 Å². The van der Waals surface area contributed by atoms with Gasteiger partial charge in [-0.3, -0.25) is 14.4 Å². The van der Waals surface area contributed by atoms with Crippen molar-refractivity contribution in [1.82, 2.24) is 5.32 Å². The largest absolute Gasteiger partial charge is 0.466 e. The van der Waals surface area contributed by atoms with Crippen molar-refractivity contribution in [1.29, 1.82) is 0 Å². The van der Waals surface area contributed by atoms with E-state index in [9.17, 15) is 14.4 Å². The molecule has 0 atom stereocenters. The molecule has 0 aliphatic carbocycles. The molecular formula is C15H18N2O4. The molecular weight excluding hydrogens is 272 g/mol. The van der Waals surface area contributed by atoms with Crippen molar-refractivity contribution >= 4 is 23.5 Å². The molecule has 0 spiro atoms. The second-order valence-corrected chi connectivity index (χ2v) is 4.76. The fourth-order valence-electron chi connectivity index (χ4n) is 2.13. The first-order chi connectivity index (χ1) is 10.1. The maximum absolute atomic E-state index is 12.0. The zero-order valence-corrected chi connectivity index (χ0v) is 11.9. The number of anilines is 1. The summed E-state index contributed by atoms with van der Waals surface area (Å²) in [7, 11) is 0. The van der Waals surface area contributed by atoms with Crippen molar-refractivity contribution in [2.24, 2.45) is 0 Å². The monoisotopic (exact) mass is 290 g/mol. The number of amides is 2. The van der Waals surface area contributed by atoms with Gasteiger partial charge in [-0.1, -0.05) is 6.07 Å². The maximum Gasteiger partial charge on any atom is 0.305 e. The first-order valence-corrected chi connectivity index (χ1v) is 6.96. The summed E-state index contributed by atoms with van der Waals surface area (Å²) in [5.74, 6) is -0.535. The van der Waals surface area contributed by atoms with E-state index in [2.05, 4.69) is 10.6 Å². The van der Waals surface area contributed by atoms with E-state index < -0.39 is 0 Å². The number of hydrogen-bond donors (Lipinski definition) is 2. The van der Waals surface area contributed by atoms with Crippen LogP contribution < -0.4 is 10.6 Å². The normalized spacial score (nSPS) is 12.5. The van der Waals surface area contributed by atoms with Gasteiger partial charge in [-0.15, -0.1) is 0 Å². The average Bonchev–Trinajstić information content (AvgIpc) is 2.82. The zero-order valence-electron chi connectivity index (χ0n) is 11.9. The van der Waals surface area contributed by atoms with Crippen molar-refractivity contribution in [2.45, 2.75) is 26.2 Å². The molecule has 0 aromatic heterocycles. The van der Waals surface area contributed by atoms with Gasteiger partial charge < -0.3 is 15.4 Å². The summed E-state index contributed by atoms with van der Waals surface area (Å²) in [5.41, 5.74) is 2.09. The molecule has 1 aromatic rings. The van der Waals surface area contributed by atoms with Crippen LogP contribution in [0.25, 0.3) is 0 Å². The fraction of sp³-hybridized carbons (Fsp3) is 0.400. The molecule has 0 saturated heterocycles. The molecule has 0 fully saturated rings. The molecule has 21 heavy (non-hydrogen) atoms. The van der Waals surface area contributed by atoms with E-state index in [0.29, 0.717) is 37.2 Å². The summed E-state index contributed by atoms with van der Waals surface area (Å²) in [4.78, 5) is 34.4. The highest BCUT2D eigenvalue weighted by molar-refractivity contribution is 6.02. The molecule has 1 aliphatic rings. The van der Waals surface area contributed by atoms with Gasteiger partial charge in [0.2, 0.25) is 5.91 Å². The van der Waals surface area contributed by atoms with Gasteiger partial charge >= 0.3 is 5.97 Å². The Hall–Kier alpha value is -2.37. The Morgan fingerprint density at radius 2 is 2.19 bits per heavy atom. The number of esters is 1. The Morgan fingerprint density at radius 3 is 2.95 bits per heavy atom. The molecule has 0 saturated carbocycles. The van der Waals surface area contributed by atoms with Crippen LogP contribution in [-0.4, -0.2) is 30.9 Å². The van der Waals surface area contributed by atoms with E-state index in [-0.39, 0.29) is 24.2 Å². The summed E-state index contributed by atoms with van der Waals surface area (Å²) in [5, 5.41) is 5.45. The van der Waals surface area contributed by atoms with Gasteiger partial charge in [0.15, 0.2) is 0 Å². The molecule has 0 unspecified atom stereocenters. The van der Waals surface area contributed by atoms with E-state index in [1.54, 1.807) is 25.1 Å². The smallest absolute Gasteiger partial charge is 0.305 e. The predicted molar refractivity (Wildman–Crippen MR) is 77.0 cm³/mol. The highest BCUT2D eigenvalue weighted by atomic mass is 16.5. The molecule has 1 heterocycles. The number of carbonyl (C=O) groups excluding carboxylic acids is 3. The standard InChI is InChI=1S/C15H18N2O4/c1-2-21-14(19)4-3-7-16-15(20)11-6-5-10-9-13(18)17-12(10)8-11/h5-6,8H,2-4,7,9H2,1H3,(H,16,20)(H,17,18). The second kappa shape index (κ2) is 6.88. The molecule has 0 bridgehead atoms. The summed E-state index contributed by atoms with van der Waals surface area (Å²) >= 11 is 0. The topological polar surface area (TPSA) is 84.5 Å². The number of rotatable bonds is 6. The van der Waals surface area contributed by atoms with Gasteiger partial charge in [0.05, 0.1) is 13.0 Å². The molecule has 6 heteroatoms. The van der Waals surface area contributed by atoms with Crippen LogP contribution in [0.1, 0.15) is 35.7 Å². The highest BCUT2D eigenvalue weighted by Crippen LogP contribution is 2.23. The van der Waals surface area contributed by atoms with Gasteiger partial charge in [-0.05, 0) is 31.0 Å². The van der Waals surface area contributed by atoms with Crippen LogP contribution in [0.15, 0.2) is 18.2 Å². The second-order valence-electron chi connectivity index (χ2n) is 4.76. The third-order valence-corrected chi connectivity index (χ3v) is 3.15. The Labute approximate surface area is 122 Å². The minimum atomic E-state index is -0.257. The van der Waals surface area contributed by atoms with Crippen molar-refractivity contribution in [3.63, 3.8) is 0 Å². The van der Waals surface area contributed by atoms with Crippen molar-refractivity contribution in [2.75, 3.05) is 18.5 Å². The summed E-state index contributed by atoms with van der Waals surface area (Å²) in [6, 6.07) is 5.14. The van der Waals surface area contributed by atoms with Crippen molar-refractivity contribution in [3.05, 3.63) is 29.3 Å². The molecule has 1 aromatic carbocycles. The summed E-state index contributed by atoms with van der Waals surface area (Å²) < 4.78 is 4.80. The van der Waals surface area contributed by atoms with E-state index in [1.807, 2.05) is 0 Å². The molecule has 0 radical (unpaired) electrons. The first kappa shape index (κ1) is 15.0. The lowest BCUT2D eigenvalue weighted by atomic mass is 10.1. The van der Waals surface area contributed by atoms with Crippen LogP contribution in [0.4, 0.5) is 5.69 Å². The van der Waals surface area contributed by atoms with Crippen LogP contribution in [0.2, 0.25) is 0 Å². The van der Waals surface area contributed by atoms with Gasteiger partial charge in [0.25, 0.3) is 5.91 Å². The van der Waals surface area contributed by atoms with Gasteiger partial charge in [0.1, 0.15) is 0 Å². The lowest BCUT2D eigenvalue weighted by Gasteiger charge is -2.07. The molecule has 2 rings (SSSR count). The number of hydrogen-bond acceptors (Lipinski definition) is 4. The number of benzene rings is 1. The Bertz CT molecular complexity index is 569. The molecule has 2 amide bonds. The van der Waals surface area contributed by atoms with E-state index in [0.717, 1.165) is 5.56 Å². The highest BCUT2D eigenvalue weighted by Gasteiger charge is 2.18. The van der Waals surface area contributed by atoms with Crippen molar-refractivity contribution in [3.8, 4) is 0 Å². The van der Waals surface area contributed by atoms with Crippen LogP contribution in [0.3, 0.4) is 0 Å². The number of carbonyl (C=O) groups is 3. The summed E-state index contributed by atoms with van der Waals surface area (Å²) in [6.45, 7) is 2.53. The quantitative estimate of drug-likeness (QED) is 0.610. The maximum atomic E-state index is 12.0. The Morgan fingerprint density at radius 1 is 1.38 bits per heavy atom. The molecule has 6 nitrogen and oxygen atoms in total. The first-order valence-electron chi connectivity index (χ1n) is 6.96. The zero-order chi connectivity index (χ0) is 15.2. The Kier molecular flexibility index (Phi) is 4.92. The molecule has 112 valence electrons. The lowest BCUT2D eigenvalue weighted by molar-refractivity contribution is -0.143. The van der Waals surface area contributed by atoms with Crippen molar-refractivity contribution < 1.29 is 19.1 Å². The average molecular weight is 290 g/mol. The van der Waals surface area contributed by atoms with Crippen LogP contribution >= 0.6 is 0 Å². The van der Waals surface area contributed by atoms with Crippen LogP contribution in [0.5, 0.6) is 0 Å². The fourth-order valence-corrected chi connectivity index (χ4v) is 2.13. The number of ether oxygens (including phenoxy) is 1. The minimum Gasteiger partial charge on any atom is -0.466 e. The number of nitrogens with one attached hydrogen (secondary N) is 2.